The number of hydrogen-bond acceptors (Lipinski definition) is 4. The molecule has 0 spiro atoms. The summed E-state index contributed by atoms with van der Waals surface area (Å²) in [5.74, 6) is 0.851. The zero-order valence-electron chi connectivity index (χ0n) is 12.9. The predicted octanol–water partition coefficient (Wildman–Crippen LogP) is 2.55. The molecule has 2 rings (SSSR count). The normalized spacial score (nSPS) is 18.4. The molecule has 1 N–H and O–H groups in total. The molecule has 1 unspecified atom stereocenters. The zero-order valence-corrected chi connectivity index (χ0v) is 13.7. The van der Waals surface area contributed by atoms with E-state index in [9.17, 15) is 0 Å². The SMILES string of the molecule is COCCN(Cc1c(Cl)cccc1OC)CC1CCCN1. The second-order valence-electron chi connectivity index (χ2n) is 5.44. The summed E-state index contributed by atoms with van der Waals surface area (Å²) in [4.78, 5) is 2.39. The second-order valence-corrected chi connectivity index (χ2v) is 5.85. The molecule has 0 aromatic heterocycles. The van der Waals surface area contributed by atoms with Crippen LogP contribution in [-0.4, -0.2) is 51.4 Å². The van der Waals surface area contributed by atoms with Gasteiger partial charge in [0.25, 0.3) is 0 Å². The van der Waals surface area contributed by atoms with Crippen molar-refractivity contribution in [1.29, 1.82) is 0 Å². The summed E-state index contributed by atoms with van der Waals surface area (Å²) in [6.45, 7) is 4.53. The van der Waals surface area contributed by atoms with Crippen molar-refractivity contribution in [3.05, 3.63) is 28.8 Å². The minimum atomic E-state index is 0.565. The van der Waals surface area contributed by atoms with Gasteiger partial charge in [0.15, 0.2) is 0 Å². The van der Waals surface area contributed by atoms with Crippen LogP contribution in [0.25, 0.3) is 0 Å². The maximum atomic E-state index is 6.35. The van der Waals surface area contributed by atoms with Crippen LogP contribution in [0.15, 0.2) is 18.2 Å². The lowest BCUT2D eigenvalue weighted by Gasteiger charge is -2.26. The van der Waals surface area contributed by atoms with Crippen molar-refractivity contribution in [2.45, 2.75) is 25.4 Å². The molecule has 0 amide bonds. The number of rotatable bonds is 8. The van der Waals surface area contributed by atoms with Crippen LogP contribution in [0.4, 0.5) is 0 Å². The van der Waals surface area contributed by atoms with Crippen molar-refractivity contribution >= 4 is 11.6 Å². The fourth-order valence-corrected chi connectivity index (χ4v) is 3.01. The highest BCUT2D eigenvalue weighted by Gasteiger charge is 2.19. The quantitative estimate of drug-likeness (QED) is 0.800. The molecule has 0 aliphatic carbocycles. The molecule has 1 aliphatic heterocycles. The van der Waals surface area contributed by atoms with Gasteiger partial charge in [0.05, 0.1) is 13.7 Å². The Bertz CT molecular complexity index is 436. The molecule has 1 aliphatic rings. The minimum absolute atomic E-state index is 0.565. The van der Waals surface area contributed by atoms with Gasteiger partial charge in [-0.15, -0.1) is 0 Å². The fourth-order valence-electron chi connectivity index (χ4n) is 2.79. The summed E-state index contributed by atoms with van der Waals surface area (Å²) in [5.41, 5.74) is 1.05. The van der Waals surface area contributed by atoms with Gasteiger partial charge < -0.3 is 14.8 Å². The van der Waals surface area contributed by atoms with Crippen LogP contribution in [-0.2, 0) is 11.3 Å². The molecule has 1 aromatic carbocycles. The van der Waals surface area contributed by atoms with E-state index in [-0.39, 0.29) is 0 Å². The molecule has 1 saturated heterocycles. The van der Waals surface area contributed by atoms with Gasteiger partial charge in [-0.3, -0.25) is 4.90 Å². The van der Waals surface area contributed by atoms with Crippen LogP contribution in [0.1, 0.15) is 18.4 Å². The van der Waals surface area contributed by atoms with Crippen molar-refractivity contribution in [3.8, 4) is 5.75 Å². The summed E-state index contributed by atoms with van der Waals surface area (Å²) in [7, 11) is 3.43. The average Bonchev–Trinajstić information content (AvgIpc) is 2.99. The largest absolute Gasteiger partial charge is 0.496 e. The lowest BCUT2D eigenvalue weighted by molar-refractivity contribution is 0.137. The summed E-state index contributed by atoms with van der Waals surface area (Å²) in [5, 5.41) is 4.31. The van der Waals surface area contributed by atoms with Gasteiger partial charge in [0, 0.05) is 43.4 Å². The van der Waals surface area contributed by atoms with E-state index in [0.717, 1.165) is 49.1 Å². The van der Waals surface area contributed by atoms with Gasteiger partial charge in [-0.2, -0.15) is 0 Å². The number of nitrogens with zero attached hydrogens (tertiary/aromatic N) is 1. The number of hydrogen-bond donors (Lipinski definition) is 1. The van der Waals surface area contributed by atoms with Gasteiger partial charge in [0.1, 0.15) is 5.75 Å². The van der Waals surface area contributed by atoms with Crippen molar-refractivity contribution in [2.24, 2.45) is 0 Å². The summed E-state index contributed by atoms with van der Waals surface area (Å²) in [6, 6.07) is 6.36. The third kappa shape index (κ3) is 4.85. The Morgan fingerprint density at radius 2 is 2.24 bits per heavy atom. The number of benzene rings is 1. The van der Waals surface area contributed by atoms with Crippen LogP contribution in [0, 0.1) is 0 Å². The molecule has 1 fully saturated rings. The molecule has 1 aromatic rings. The summed E-state index contributed by atoms with van der Waals surface area (Å²) in [6.07, 6.45) is 2.50. The molecule has 0 radical (unpaired) electrons. The van der Waals surface area contributed by atoms with E-state index >= 15 is 0 Å². The van der Waals surface area contributed by atoms with E-state index in [1.165, 1.54) is 12.8 Å². The Kier molecular flexibility index (Phi) is 6.77. The van der Waals surface area contributed by atoms with Crippen LogP contribution < -0.4 is 10.1 Å². The zero-order chi connectivity index (χ0) is 15.1. The average molecular weight is 313 g/mol. The van der Waals surface area contributed by atoms with E-state index in [2.05, 4.69) is 10.2 Å². The molecule has 118 valence electrons. The molecule has 21 heavy (non-hydrogen) atoms. The van der Waals surface area contributed by atoms with Gasteiger partial charge in [-0.1, -0.05) is 17.7 Å². The number of ether oxygens (including phenoxy) is 2. The van der Waals surface area contributed by atoms with Crippen LogP contribution >= 0.6 is 11.6 Å². The predicted molar refractivity (Wildman–Crippen MR) is 86.2 cm³/mol. The molecule has 0 saturated carbocycles. The maximum Gasteiger partial charge on any atom is 0.124 e. The van der Waals surface area contributed by atoms with Crippen LogP contribution in [0.2, 0.25) is 5.02 Å². The maximum absolute atomic E-state index is 6.35. The highest BCUT2D eigenvalue weighted by atomic mass is 35.5. The first-order valence-corrected chi connectivity index (χ1v) is 7.88. The summed E-state index contributed by atoms with van der Waals surface area (Å²) >= 11 is 6.35. The van der Waals surface area contributed by atoms with E-state index in [1.54, 1.807) is 14.2 Å². The lowest BCUT2D eigenvalue weighted by atomic mass is 10.1. The fraction of sp³-hybridized carbons (Fsp3) is 0.625. The standard InChI is InChI=1S/C16H25ClN2O2/c1-20-10-9-19(11-13-5-4-8-18-13)12-14-15(17)6-3-7-16(14)21-2/h3,6-7,13,18H,4-5,8-12H2,1-2H3. The number of methoxy groups -OCH3 is 2. The Labute approximate surface area is 132 Å². The third-order valence-corrected chi connectivity index (χ3v) is 4.28. The third-order valence-electron chi connectivity index (χ3n) is 3.93. The summed E-state index contributed by atoms with van der Waals surface area (Å²) < 4.78 is 10.7. The second kappa shape index (κ2) is 8.59. The van der Waals surface area contributed by atoms with Gasteiger partial charge >= 0.3 is 0 Å². The highest BCUT2D eigenvalue weighted by Crippen LogP contribution is 2.27. The van der Waals surface area contributed by atoms with Crippen molar-refractivity contribution in [2.75, 3.05) is 40.5 Å². The molecule has 1 heterocycles. The molecule has 4 nitrogen and oxygen atoms in total. The molecular weight excluding hydrogens is 288 g/mol. The van der Waals surface area contributed by atoms with Gasteiger partial charge in [-0.25, -0.2) is 0 Å². The Morgan fingerprint density at radius 1 is 1.38 bits per heavy atom. The molecule has 0 bridgehead atoms. The van der Waals surface area contributed by atoms with Crippen LogP contribution in [0.3, 0.4) is 0 Å². The molecule has 5 heteroatoms. The van der Waals surface area contributed by atoms with Gasteiger partial charge in [0.2, 0.25) is 0 Å². The molecule has 1 atom stereocenters. The Morgan fingerprint density at radius 3 is 2.90 bits per heavy atom. The highest BCUT2D eigenvalue weighted by molar-refractivity contribution is 6.31. The first-order valence-electron chi connectivity index (χ1n) is 7.50. The van der Waals surface area contributed by atoms with Gasteiger partial charge in [-0.05, 0) is 31.5 Å². The Balaban J connectivity index is 2.06. The molecular formula is C16H25ClN2O2. The van der Waals surface area contributed by atoms with Crippen molar-refractivity contribution in [3.63, 3.8) is 0 Å². The number of halogens is 1. The van der Waals surface area contributed by atoms with Crippen molar-refractivity contribution < 1.29 is 9.47 Å². The number of nitrogens with one attached hydrogen (secondary N) is 1. The van der Waals surface area contributed by atoms with E-state index in [0.29, 0.717) is 6.04 Å². The monoisotopic (exact) mass is 312 g/mol. The topological polar surface area (TPSA) is 33.7 Å². The minimum Gasteiger partial charge on any atom is -0.496 e. The lowest BCUT2D eigenvalue weighted by Crippen LogP contribution is -2.38. The van der Waals surface area contributed by atoms with Crippen molar-refractivity contribution in [1.82, 2.24) is 10.2 Å². The van der Waals surface area contributed by atoms with E-state index in [1.807, 2.05) is 18.2 Å². The first kappa shape index (κ1) is 16.6. The van der Waals surface area contributed by atoms with E-state index in [4.69, 9.17) is 21.1 Å². The smallest absolute Gasteiger partial charge is 0.124 e. The first-order chi connectivity index (χ1) is 10.2. The van der Waals surface area contributed by atoms with E-state index < -0.39 is 0 Å². The van der Waals surface area contributed by atoms with Crippen LogP contribution in [0.5, 0.6) is 5.75 Å². The Hall–Kier alpha value is -0.810.